The molecule has 2 heterocycles. The van der Waals surface area contributed by atoms with Gasteiger partial charge in [0, 0.05) is 33.1 Å². The number of rotatable bonds is 7. The van der Waals surface area contributed by atoms with Crippen molar-refractivity contribution in [2.75, 3.05) is 6.79 Å². The Morgan fingerprint density at radius 2 is 1.85 bits per heavy atom. The number of halogens is 2. The molecule has 0 atom stereocenters. The van der Waals surface area contributed by atoms with Gasteiger partial charge in [-0.3, -0.25) is 4.79 Å². The Morgan fingerprint density at radius 3 is 2.68 bits per heavy atom. The Labute approximate surface area is 210 Å². The summed E-state index contributed by atoms with van der Waals surface area (Å²) < 4.78 is 16.5. The molecule has 1 aromatic heterocycles. The van der Waals surface area contributed by atoms with Gasteiger partial charge in [-0.1, -0.05) is 35.3 Å². The molecule has 34 heavy (non-hydrogen) atoms. The summed E-state index contributed by atoms with van der Waals surface area (Å²) in [6.07, 6.45) is 0. The van der Waals surface area contributed by atoms with Gasteiger partial charge in [-0.05, 0) is 54.1 Å². The number of ether oxygens (including phenoxy) is 3. The summed E-state index contributed by atoms with van der Waals surface area (Å²) in [4.78, 5) is 17.0. The molecule has 0 fully saturated rings. The highest BCUT2D eigenvalue weighted by molar-refractivity contribution is 7.13. The zero-order chi connectivity index (χ0) is 23.5. The fraction of sp³-hybridized carbons (Fsp3) is 0.120. The quantitative estimate of drug-likeness (QED) is 0.312. The third kappa shape index (κ3) is 5.12. The van der Waals surface area contributed by atoms with E-state index >= 15 is 0 Å². The molecular formula is C25H18Cl2N2O4S. The van der Waals surface area contributed by atoms with Crippen LogP contribution in [-0.4, -0.2) is 17.7 Å². The van der Waals surface area contributed by atoms with Gasteiger partial charge < -0.3 is 19.5 Å². The normalized spacial score (nSPS) is 11.9. The molecule has 0 aliphatic carbocycles. The van der Waals surface area contributed by atoms with E-state index in [9.17, 15) is 4.79 Å². The average molecular weight is 513 g/mol. The molecule has 1 N–H and O–H groups in total. The molecule has 4 aromatic rings. The maximum atomic E-state index is 12.6. The van der Waals surface area contributed by atoms with Crippen molar-refractivity contribution < 1.29 is 19.0 Å². The predicted molar refractivity (Wildman–Crippen MR) is 132 cm³/mol. The molecule has 5 rings (SSSR count). The second kappa shape index (κ2) is 9.93. The van der Waals surface area contributed by atoms with E-state index in [2.05, 4.69) is 10.3 Å². The minimum absolute atomic E-state index is 0.219. The Morgan fingerprint density at radius 1 is 1.03 bits per heavy atom. The van der Waals surface area contributed by atoms with Gasteiger partial charge in [-0.25, -0.2) is 4.98 Å². The first-order valence-corrected chi connectivity index (χ1v) is 12.0. The van der Waals surface area contributed by atoms with Crippen LogP contribution in [0.3, 0.4) is 0 Å². The Hall–Kier alpha value is -3.26. The van der Waals surface area contributed by atoms with E-state index in [1.807, 2.05) is 48.5 Å². The number of hydrogen-bond acceptors (Lipinski definition) is 6. The van der Waals surface area contributed by atoms with Crippen LogP contribution in [0.4, 0.5) is 0 Å². The second-order valence-electron chi connectivity index (χ2n) is 7.46. The highest BCUT2D eigenvalue weighted by Gasteiger charge is 2.15. The maximum Gasteiger partial charge on any atom is 0.271 e. The first-order chi connectivity index (χ1) is 16.5. The minimum Gasteiger partial charge on any atom is -0.489 e. The van der Waals surface area contributed by atoms with Crippen LogP contribution in [0.15, 0.2) is 66.0 Å². The topological polar surface area (TPSA) is 69.7 Å². The third-order valence-corrected chi connectivity index (χ3v) is 6.62. The van der Waals surface area contributed by atoms with Crippen molar-refractivity contribution in [3.8, 4) is 27.8 Å². The molecule has 6 nitrogen and oxygen atoms in total. The average Bonchev–Trinajstić information content (AvgIpc) is 3.52. The lowest BCUT2D eigenvalue weighted by Gasteiger charge is -2.08. The third-order valence-electron chi connectivity index (χ3n) is 5.14. The van der Waals surface area contributed by atoms with Gasteiger partial charge in [-0.15, -0.1) is 11.3 Å². The number of hydrogen-bond donors (Lipinski definition) is 1. The van der Waals surface area contributed by atoms with Gasteiger partial charge in [0.15, 0.2) is 11.5 Å². The lowest BCUT2D eigenvalue weighted by atomic mass is 10.2. The monoisotopic (exact) mass is 512 g/mol. The summed E-state index contributed by atoms with van der Waals surface area (Å²) in [6, 6.07) is 18.4. The molecule has 0 radical (unpaired) electrons. The first-order valence-electron chi connectivity index (χ1n) is 10.3. The van der Waals surface area contributed by atoms with E-state index in [0.717, 1.165) is 21.7 Å². The molecule has 1 amide bonds. The summed E-state index contributed by atoms with van der Waals surface area (Å²) in [5.41, 5.74) is 3.05. The van der Waals surface area contributed by atoms with Crippen molar-refractivity contribution in [3.05, 3.63) is 92.9 Å². The first kappa shape index (κ1) is 22.5. The number of carbonyl (C=O) groups is 1. The predicted octanol–water partition coefficient (Wildman–Crippen LogP) is 6.35. The highest BCUT2D eigenvalue weighted by atomic mass is 35.5. The largest absolute Gasteiger partial charge is 0.489 e. The van der Waals surface area contributed by atoms with E-state index in [-0.39, 0.29) is 12.7 Å². The van der Waals surface area contributed by atoms with Crippen molar-refractivity contribution in [3.63, 3.8) is 0 Å². The summed E-state index contributed by atoms with van der Waals surface area (Å²) in [6.45, 7) is 0.919. The number of nitrogens with one attached hydrogen (secondary N) is 1. The Balaban J connectivity index is 1.18. The zero-order valence-electron chi connectivity index (χ0n) is 17.7. The number of thiazole rings is 1. The number of benzene rings is 3. The molecule has 1 aliphatic heterocycles. The van der Waals surface area contributed by atoms with E-state index in [1.54, 1.807) is 17.5 Å². The fourth-order valence-corrected chi connectivity index (χ4v) is 4.60. The number of amides is 1. The number of aromatic nitrogens is 1. The van der Waals surface area contributed by atoms with Crippen LogP contribution in [0, 0.1) is 0 Å². The number of fused-ring (bicyclic) bond motifs is 1. The summed E-state index contributed by atoms with van der Waals surface area (Å²) in [5, 5.41) is 6.54. The van der Waals surface area contributed by atoms with E-state index < -0.39 is 0 Å². The highest BCUT2D eigenvalue weighted by Crippen LogP contribution is 2.32. The summed E-state index contributed by atoms with van der Waals surface area (Å²) in [7, 11) is 0. The minimum atomic E-state index is -0.236. The van der Waals surface area contributed by atoms with Gasteiger partial charge in [0.1, 0.15) is 23.1 Å². The molecule has 1 aliphatic rings. The van der Waals surface area contributed by atoms with Crippen molar-refractivity contribution in [1.29, 1.82) is 0 Å². The molecular weight excluding hydrogens is 495 g/mol. The lowest BCUT2D eigenvalue weighted by Crippen LogP contribution is -2.23. The van der Waals surface area contributed by atoms with E-state index in [0.29, 0.717) is 46.1 Å². The molecule has 0 saturated heterocycles. The molecule has 3 aromatic carbocycles. The SMILES string of the molecule is O=C(NCc1ccc2c(c1)OCO2)c1csc(-c2ccc(OCc3ccc(Cl)cc3Cl)cc2)n1. The van der Waals surface area contributed by atoms with Crippen molar-refractivity contribution in [2.24, 2.45) is 0 Å². The van der Waals surface area contributed by atoms with E-state index in [1.165, 1.54) is 11.3 Å². The van der Waals surface area contributed by atoms with Gasteiger partial charge in [0.2, 0.25) is 6.79 Å². The van der Waals surface area contributed by atoms with Gasteiger partial charge >= 0.3 is 0 Å². The van der Waals surface area contributed by atoms with Gasteiger partial charge in [-0.2, -0.15) is 0 Å². The van der Waals surface area contributed by atoms with Crippen LogP contribution in [0.1, 0.15) is 21.6 Å². The molecule has 172 valence electrons. The molecule has 9 heteroatoms. The van der Waals surface area contributed by atoms with Crippen LogP contribution in [0.25, 0.3) is 10.6 Å². The Kier molecular flexibility index (Phi) is 6.58. The molecule has 0 unspecified atom stereocenters. The molecule has 0 spiro atoms. The smallest absolute Gasteiger partial charge is 0.271 e. The Bertz CT molecular complexity index is 1340. The zero-order valence-corrected chi connectivity index (χ0v) is 20.0. The van der Waals surface area contributed by atoms with Crippen LogP contribution < -0.4 is 19.5 Å². The van der Waals surface area contributed by atoms with Crippen molar-refractivity contribution >= 4 is 40.4 Å². The van der Waals surface area contributed by atoms with Crippen LogP contribution >= 0.6 is 34.5 Å². The van der Waals surface area contributed by atoms with Crippen molar-refractivity contribution in [2.45, 2.75) is 13.2 Å². The molecule has 0 saturated carbocycles. The fourth-order valence-electron chi connectivity index (χ4n) is 3.33. The van der Waals surface area contributed by atoms with Crippen LogP contribution in [0.5, 0.6) is 17.2 Å². The maximum absolute atomic E-state index is 12.6. The van der Waals surface area contributed by atoms with Gasteiger partial charge in [0.05, 0.1) is 0 Å². The van der Waals surface area contributed by atoms with Gasteiger partial charge in [0.25, 0.3) is 5.91 Å². The van der Waals surface area contributed by atoms with E-state index in [4.69, 9.17) is 37.4 Å². The number of carbonyl (C=O) groups excluding carboxylic acids is 1. The number of nitrogens with zero attached hydrogens (tertiary/aromatic N) is 1. The summed E-state index contributed by atoms with van der Waals surface area (Å²) >= 11 is 13.5. The van der Waals surface area contributed by atoms with Crippen molar-refractivity contribution in [1.82, 2.24) is 10.3 Å². The molecule has 0 bridgehead atoms. The second-order valence-corrected chi connectivity index (χ2v) is 9.16. The van der Waals surface area contributed by atoms with Crippen LogP contribution in [0.2, 0.25) is 10.0 Å². The lowest BCUT2D eigenvalue weighted by molar-refractivity contribution is 0.0946. The summed E-state index contributed by atoms with van der Waals surface area (Å²) in [5.74, 6) is 1.86. The van der Waals surface area contributed by atoms with Crippen LogP contribution in [-0.2, 0) is 13.2 Å². The standard InChI is InChI=1S/C25H18Cl2N2O4S/c26-18-5-2-17(20(27)10-18)12-31-19-6-3-16(4-7-19)25-29-21(13-34-25)24(30)28-11-15-1-8-22-23(9-15)33-14-32-22/h1-10,13H,11-12,14H2,(H,28,30).